The first kappa shape index (κ1) is 16.2. The van der Waals surface area contributed by atoms with Gasteiger partial charge in [-0.2, -0.15) is 0 Å². The summed E-state index contributed by atoms with van der Waals surface area (Å²) in [7, 11) is 0. The molecule has 1 heterocycles. The lowest BCUT2D eigenvalue weighted by Gasteiger charge is -2.31. The van der Waals surface area contributed by atoms with Crippen molar-refractivity contribution in [1.82, 2.24) is 4.90 Å². The van der Waals surface area contributed by atoms with Gasteiger partial charge in [0.05, 0.1) is 10.5 Å². The number of carbonyl (C=O) groups is 1. The Morgan fingerprint density at radius 2 is 2.20 bits per heavy atom. The molecule has 108 valence electrons. The predicted molar refractivity (Wildman–Crippen MR) is 87.3 cm³/mol. The van der Waals surface area contributed by atoms with E-state index in [9.17, 15) is 13.6 Å². The van der Waals surface area contributed by atoms with Crippen LogP contribution in [0.25, 0.3) is 5.70 Å². The second-order valence-electron chi connectivity index (χ2n) is 4.26. The van der Waals surface area contributed by atoms with Gasteiger partial charge < -0.3 is 4.90 Å². The number of allylic oxidation sites excluding steroid dienone is 1. The lowest BCUT2D eigenvalue weighted by atomic mass is 10.0. The molecule has 0 saturated carbocycles. The van der Waals surface area contributed by atoms with Gasteiger partial charge in [0.25, 0.3) is 6.43 Å². The summed E-state index contributed by atoms with van der Waals surface area (Å²) in [5.74, 6) is -0.287. The molecule has 7 heteroatoms. The summed E-state index contributed by atoms with van der Waals surface area (Å²) in [6, 6.07) is 5.07. The molecule has 1 aliphatic heterocycles. The van der Waals surface area contributed by atoms with Gasteiger partial charge >= 0.3 is 0 Å². The Balaban J connectivity index is 2.43. The summed E-state index contributed by atoms with van der Waals surface area (Å²) < 4.78 is 25.8. The van der Waals surface area contributed by atoms with E-state index < -0.39 is 13.0 Å². The maximum Gasteiger partial charge on any atom is 0.256 e. The van der Waals surface area contributed by atoms with Crippen molar-refractivity contribution in [2.24, 2.45) is 0 Å². The molecule has 2 rings (SSSR count). The van der Waals surface area contributed by atoms with Gasteiger partial charge in [0.2, 0.25) is 5.91 Å². The van der Waals surface area contributed by atoms with E-state index in [0.717, 1.165) is 4.90 Å². The molecule has 1 atom stereocenters. The Morgan fingerprint density at radius 1 is 1.50 bits per heavy atom. The fourth-order valence-corrected chi connectivity index (χ4v) is 3.47. The molecule has 0 N–H and O–H groups in total. The molecule has 0 fully saturated rings. The van der Waals surface area contributed by atoms with Crippen LogP contribution in [0.15, 0.2) is 28.7 Å². The van der Waals surface area contributed by atoms with Crippen LogP contribution in [0, 0.1) is 0 Å². The number of nitrogens with zero attached hydrogens (tertiary/aromatic N) is 1. The van der Waals surface area contributed by atoms with E-state index in [2.05, 4.69) is 15.9 Å². The molecule has 1 amide bonds. The van der Waals surface area contributed by atoms with Gasteiger partial charge in [-0.1, -0.05) is 62.3 Å². The summed E-state index contributed by atoms with van der Waals surface area (Å²) in [6.07, 6.45) is -0.228. The number of benzene rings is 1. The van der Waals surface area contributed by atoms with Gasteiger partial charge in [-0.15, -0.1) is 0 Å². The van der Waals surface area contributed by atoms with Crippen LogP contribution in [0.4, 0.5) is 8.78 Å². The smallest absolute Gasteiger partial charge is 0.256 e. The fraction of sp³-hybridized carbons (Fsp3) is 0.308. The maximum atomic E-state index is 12.7. The average Bonchev–Trinajstić information content (AvgIpc) is 2.36. The third kappa shape index (κ3) is 3.51. The lowest BCUT2D eigenvalue weighted by molar-refractivity contribution is -0.128. The zero-order valence-electron chi connectivity index (χ0n) is 10.1. The van der Waals surface area contributed by atoms with Crippen molar-refractivity contribution in [2.45, 2.75) is 16.8 Å². The van der Waals surface area contributed by atoms with Gasteiger partial charge in [-0.25, -0.2) is 8.78 Å². The third-order valence-corrected chi connectivity index (χ3v) is 4.80. The average molecular weight is 476 g/mol. The Bertz CT molecular complexity index is 567. The molecule has 0 bridgehead atoms. The normalized spacial score (nSPS) is 19.5. The highest BCUT2D eigenvalue weighted by atomic mass is 127. The second-order valence-corrected chi connectivity index (χ2v) is 7.05. The van der Waals surface area contributed by atoms with Gasteiger partial charge in [0, 0.05) is 20.8 Å². The van der Waals surface area contributed by atoms with Crippen molar-refractivity contribution in [3.63, 3.8) is 0 Å². The Kier molecular flexibility index (Phi) is 5.42. The van der Waals surface area contributed by atoms with Crippen LogP contribution in [0.3, 0.4) is 0 Å². The number of halogens is 5. The molecule has 0 radical (unpaired) electrons. The quantitative estimate of drug-likeness (QED) is 0.456. The standard InChI is InChI=1S/C13H10BrClF2INO/c14-9-5-7(15)1-2-8(9)11-4-3-10(18)13(20)19(11)6-12(16)17/h1-2,4-5,10,12H,3,6H2. The number of hydrogen-bond acceptors (Lipinski definition) is 1. The van der Waals surface area contributed by atoms with E-state index >= 15 is 0 Å². The number of carbonyl (C=O) groups excluding carboxylic acids is 1. The summed E-state index contributed by atoms with van der Waals surface area (Å²) in [6.45, 7) is -0.598. The largest absolute Gasteiger partial charge is 0.305 e. The highest BCUT2D eigenvalue weighted by Crippen LogP contribution is 2.34. The molecule has 0 spiro atoms. The van der Waals surface area contributed by atoms with Crippen molar-refractivity contribution < 1.29 is 13.6 Å². The first-order valence-electron chi connectivity index (χ1n) is 5.79. The molecule has 1 aliphatic rings. The Morgan fingerprint density at radius 3 is 2.80 bits per heavy atom. The van der Waals surface area contributed by atoms with Crippen LogP contribution < -0.4 is 0 Å². The van der Waals surface area contributed by atoms with Crippen molar-refractivity contribution in [3.8, 4) is 0 Å². The topological polar surface area (TPSA) is 20.3 Å². The van der Waals surface area contributed by atoms with Gasteiger partial charge in [0.15, 0.2) is 0 Å². The van der Waals surface area contributed by atoms with Gasteiger partial charge in [0.1, 0.15) is 0 Å². The van der Waals surface area contributed by atoms with Crippen LogP contribution in [-0.2, 0) is 4.79 Å². The molecule has 1 aromatic carbocycles. The lowest BCUT2D eigenvalue weighted by Crippen LogP contribution is -2.40. The predicted octanol–water partition coefficient (Wildman–Crippen LogP) is 4.74. The van der Waals surface area contributed by atoms with Gasteiger partial charge in [-0.3, -0.25) is 4.79 Å². The summed E-state index contributed by atoms with van der Waals surface area (Å²) in [4.78, 5) is 13.3. The van der Waals surface area contributed by atoms with E-state index in [-0.39, 0.29) is 9.83 Å². The van der Waals surface area contributed by atoms with E-state index in [1.54, 1.807) is 18.2 Å². The Labute approximate surface area is 142 Å². The SMILES string of the molecule is O=C1C(I)CC=C(c2ccc(Cl)cc2Br)N1CC(F)F. The Hall–Kier alpha value is -0.210. The monoisotopic (exact) mass is 475 g/mol. The van der Waals surface area contributed by atoms with Crippen LogP contribution >= 0.6 is 50.1 Å². The first-order valence-corrected chi connectivity index (χ1v) is 8.21. The van der Waals surface area contributed by atoms with Crippen LogP contribution in [0.1, 0.15) is 12.0 Å². The highest BCUT2D eigenvalue weighted by Gasteiger charge is 2.31. The van der Waals surface area contributed by atoms with E-state index in [1.165, 1.54) is 0 Å². The number of hydrogen-bond donors (Lipinski definition) is 0. The number of rotatable bonds is 3. The molecule has 1 aromatic rings. The second kappa shape index (κ2) is 6.70. The molecule has 1 unspecified atom stereocenters. The zero-order chi connectivity index (χ0) is 14.9. The molecule has 0 saturated heterocycles. The minimum atomic E-state index is -2.57. The summed E-state index contributed by atoms with van der Waals surface area (Å²) in [5, 5.41) is 0.538. The molecule has 2 nitrogen and oxygen atoms in total. The molecule has 0 aliphatic carbocycles. The van der Waals surface area contributed by atoms with Crippen molar-refractivity contribution in [3.05, 3.63) is 39.3 Å². The van der Waals surface area contributed by atoms with E-state index in [4.69, 9.17) is 11.6 Å². The van der Waals surface area contributed by atoms with E-state index in [1.807, 2.05) is 28.7 Å². The fourth-order valence-electron chi connectivity index (χ4n) is 1.99. The molecular weight excluding hydrogens is 466 g/mol. The van der Waals surface area contributed by atoms with Crippen LogP contribution in [0.5, 0.6) is 0 Å². The molecule has 0 aromatic heterocycles. The highest BCUT2D eigenvalue weighted by molar-refractivity contribution is 14.1. The summed E-state index contributed by atoms with van der Waals surface area (Å²) >= 11 is 11.2. The van der Waals surface area contributed by atoms with Gasteiger partial charge in [-0.05, 0) is 18.6 Å². The first-order chi connectivity index (χ1) is 9.40. The number of alkyl halides is 3. The maximum absolute atomic E-state index is 12.7. The van der Waals surface area contributed by atoms with Crippen molar-refractivity contribution in [1.29, 1.82) is 0 Å². The molecule has 20 heavy (non-hydrogen) atoms. The van der Waals surface area contributed by atoms with Crippen molar-refractivity contribution >= 4 is 61.7 Å². The third-order valence-electron chi connectivity index (χ3n) is 2.87. The minimum absolute atomic E-state index is 0.287. The van der Waals surface area contributed by atoms with E-state index in [0.29, 0.717) is 27.2 Å². The number of amides is 1. The zero-order valence-corrected chi connectivity index (χ0v) is 14.6. The van der Waals surface area contributed by atoms with Crippen LogP contribution in [0.2, 0.25) is 5.02 Å². The van der Waals surface area contributed by atoms with Crippen LogP contribution in [-0.4, -0.2) is 27.7 Å². The minimum Gasteiger partial charge on any atom is -0.305 e. The molecular formula is C13H10BrClF2INO. The summed E-state index contributed by atoms with van der Waals surface area (Å²) in [5.41, 5.74) is 1.19. The van der Waals surface area contributed by atoms with Crippen molar-refractivity contribution in [2.75, 3.05) is 6.54 Å².